The molecule has 1 aromatic carbocycles. The van der Waals surface area contributed by atoms with Gasteiger partial charge in [0, 0.05) is 11.8 Å². The van der Waals surface area contributed by atoms with Gasteiger partial charge in [0.2, 0.25) is 8.32 Å². The molecule has 29 heavy (non-hydrogen) atoms. The smallest absolute Gasteiger partial charge is 0.250 e. The van der Waals surface area contributed by atoms with Crippen LogP contribution in [0.25, 0.3) is 0 Å². The SMILES string of the molecule is CC(C)(C)[Si](C)(C)Oc1ccc2c(c1)CCC1C3CCC(=O)[C@@]3(C)CC[C@]21C#N. The molecule has 0 bridgehead atoms. The van der Waals surface area contributed by atoms with Gasteiger partial charge in [-0.25, -0.2) is 0 Å². The van der Waals surface area contributed by atoms with Crippen molar-refractivity contribution in [2.75, 3.05) is 0 Å². The molecule has 0 radical (unpaired) electrons. The van der Waals surface area contributed by atoms with Crippen molar-refractivity contribution in [2.24, 2.45) is 17.3 Å². The van der Waals surface area contributed by atoms with Crippen molar-refractivity contribution in [1.29, 1.82) is 5.26 Å². The second kappa shape index (κ2) is 6.45. The molecule has 2 saturated carbocycles. The van der Waals surface area contributed by atoms with E-state index in [1.165, 1.54) is 11.1 Å². The van der Waals surface area contributed by atoms with Gasteiger partial charge in [-0.3, -0.25) is 4.79 Å². The van der Waals surface area contributed by atoms with Crippen molar-refractivity contribution in [3.63, 3.8) is 0 Å². The predicted molar refractivity (Wildman–Crippen MR) is 118 cm³/mol. The largest absolute Gasteiger partial charge is 0.543 e. The minimum atomic E-state index is -1.89. The molecule has 156 valence electrons. The van der Waals surface area contributed by atoms with Gasteiger partial charge in [0.25, 0.3) is 0 Å². The lowest BCUT2D eigenvalue weighted by Gasteiger charge is -2.52. The highest BCUT2D eigenvalue weighted by molar-refractivity contribution is 6.74. The first-order valence-electron chi connectivity index (χ1n) is 11.2. The molecular weight excluding hydrogens is 374 g/mol. The van der Waals surface area contributed by atoms with E-state index in [9.17, 15) is 10.1 Å². The minimum Gasteiger partial charge on any atom is -0.543 e. The second-order valence-corrected chi connectivity index (χ2v) is 16.1. The van der Waals surface area contributed by atoms with E-state index < -0.39 is 13.7 Å². The van der Waals surface area contributed by atoms with Crippen LogP contribution in [0.1, 0.15) is 70.9 Å². The summed E-state index contributed by atoms with van der Waals surface area (Å²) < 4.78 is 6.55. The molecule has 4 heteroatoms. The molecule has 3 aliphatic carbocycles. The summed E-state index contributed by atoms with van der Waals surface area (Å²) in [6.45, 7) is 13.5. The Labute approximate surface area is 177 Å². The third kappa shape index (κ3) is 2.92. The van der Waals surface area contributed by atoms with Crippen molar-refractivity contribution in [3.8, 4) is 11.8 Å². The number of hydrogen-bond donors (Lipinski definition) is 0. The zero-order valence-corrected chi connectivity index (χ0v) is 19.9. The van der Waals surface area contributed by atoms with E-state index in [0.29, 0.717) is 24.0 Å². The number of nitrogens with zero attached hydrogens (tertiary/aromatic N) is 1. The van der Waals surface area contributed by atoms with Crippen LogP contribution in [0.3, 0.4) is 0 Å². The number of aryl methyl sites for hydroxylation is 1. The fraction of sp³-hybridized carbons (Fsp3) is 0.680. The molecule has 3 aliphatic rings. The normalized spacial score (nSPS) is 34.0. The van der Waals surface area contributed by atoms with E-state index in [1.54, 1.807) is 0 Å². The highest BCUT2D eigenvalue weighted by atomic mass is 28.4. The van der Waals surface area contributed by atoms with Crippen LogP contribution < -0.4 is 4.43 Å². The highest BCUT2D eigenvalue weighted by Gasteiger charge is 2.60. The molecular formula is C25H35NO2Si. The van der Waals surface area contributed by atoms with Crippen molar-refractivity contribution >= 4 is 14.1 Å². The van der Waals surface area contributed by atoms with E-state index in [1.807, 2.05) is 0 Å². The van der Waals surface area contributed by atoms with Crippen LogP contribution in [0, 0.1) is 28.6 Å². The fourth-order valence-corrected chi connectivity index (χ4v) is 7.09. The van der Waals surface area contributed by atoms with Gasteiger partial charge in [0.1, 0.15) is 11.5 Å². The van der Waals surface area contributed by atoms with Gasteiger partial charge in [0.15, 0.2) is 0 Å². The van der Waals surface area contributed by atoms with Gasteiger partial charge in [-0.05, 0) is 85.3 Å². The van der Waals surface area contributed by atoms with E-state index in [2.05, 4.69) is 65.1 Å². The highest BCUT2D eigenvalue weighted by Crippen LogP contribution is 2.62. The summed E-state index contributed by atoms with van der Waals surface area (Å²) in [6, 6.07) is 9.24. The monoisotopic (exact) mass is 409 g/mol. The Balaban J connectivity index is 1.70. The van der Waals surface area contributed by atoms with Crippen LogP contribution in [0.5, 0.6) is 5.75 Å². The van der Waals surface area contributed by atoms with Gasteiger partial charge in [0.05, 0.1) is 11.5 Å². The molecule has 3 nitrogen and oxygen atoms in total. The summed E-state index contributed by atoms with van der Waals surface area (Å²) in [5.41, 5.74) is 1.86. The van der Waals surface area contributed by atoms with Crippen LogP contribution in [0.4, 0.5) is 0 Å². The Bertz CT molecular complexity index is 893. The van der Waals surface area contributed by atoms with Gasteiger partial charge < -0.3 is 4.43 Å². The summed E-state index contributed by atoms with van der Waals surface area (Å²) in [5.74, 6) is 2.05. The number of nitriles is 1. The minimum absolute atomic E-state index is 0.157. The summed E-state index contributed by atoms with van der Waals surface area (Å²) in [6.07, 6.45) is 5.32. The Morgan fingerprint density at radius 2 is 1.83 bits per heavy atom. The number of rotatable bonds is 2. The van der Waals surface area contributed by atoms with Crippen LogP contribution in [0.15, 0.2) is 18.2 Å². The maximum absolute atomic E-state index is 12.6. The molecule has 0 heterocycles. The second-order valence-electron chi connectivity index (χ2n) is 11.4. The van der Waals surface area contributed by atoms with Gasteiger partial charge in [-0.15, -0.1) is 0 Å². The van der Waals surface area contributed by atoms with Crippen molar-refractivity contribution < 1.29 is 9.22 Å². The van der Waals surface area contributed by atoms with Gasteiger partial charge >= 0.3 is 0 Å². The zero-order chi connectivity index (χ0) is 21.2. The molecule has 0 spiro atoms. The quantitative estimate of drug-likeness (QED) is 0.549. The Morgan fingerprint density at radius 1 is 1.14 bits per heavy atom. The maximum atomic E-state index is 12.6. The lowest BCUT2D eigenvalue weighted by Crippen LogP contribution is -2.51. The molecule has 0 aromatic heterocycles. The topological polar surface area (TPSA) is 50.1 Å². The summed E-state index contributed by atoms with van der Waals surface area (Å²) in [7, 11) is -1.89. The maximum Gasteiger partial charge on any atom is 0.250 e. The summed E-state index contributed by atoms with van der Waals surface area (Å²) in [5, 5.41) is 10.6. The molecule has 2 unspecified atom stereocenters. The average molecular weight is 410 g/mol. The molecule has 0 amide bonds. The number of carbonyl (C=O) groups is 1. The fourth-order valence-electron chi connectivity index (χ4n) is 6.07. The predicted octanol–water partition coefficient (Wildman–Crippen LogP) is 6.17. The lowest BCUT2D eigenvalue weighted by atomic mass is 9.49. The van der Waals surface area contributed by atoms with E-state index in [0.717, 1.165) is 37.9 Å². The van der Waals surface area contributed by atoms with Crippen LogP contribution in [0.2, 0.25) is 18.1 Å². The Morgan fingerprint density at radius 3 is 2.48 bits per heavy atom. The van der Waals surface area contributed by atoms with Crippen molar-refractivity contribution in [3.05, 3.63) is 29.3 Å². The van der Waals surface area contributed by atoms with Crippen LogP contribution in [-0.4, -0.2) is 14.1 Å². The van der Waals surface area contributed by atoms with Crippen molar-refractivity contribution in [1.82, 2.24) is 0 Å². The Hall–Kier alpha value is -1.60. The van der Waals surface area contributed by atoms with E-state index in [-0.39, 0.29) is 10.5 Å². The lowest BCUT2D eigenvalue weighted by molar-refractivity contribution is -0.130. The first-order chi connectivity index (χ1) is 13.4. The summed E-state index contributed by atoms with van der Waals surface area (Å²) >= 11 is 0. The van der Waals surface area contributed by atoms with E-state index in [4.69, 9.17) is 4.43 Å². The van der Waals surface area contributed by atoms with Crippen LogP contribution in [-0.2, 0) is 16.6 Å². The number of fused-ring (bicyclic) bond motifs is 5. The number of carbonyl (C=O) groups excluding carboxylic acids is 1. The molecule has 0 saturated heterocycles. The molecule has 0 N–H and O–H groups in total. The number of Topliss-reactive ketones (excluding diaryl/α,β-unsaturated/α-hetero) is 1. The first kappa shape index (κ1) is 20.7. The summed E-state index contributed by atoms with van der Waals surface area (Å²) in [4.78, 5) is 12.6. The van der Waals surface area contributed by atoms with Gasteiger partial charge in [-0.2, -0.15) is 5.26 Å². The molecule has 0 aliphatic heterocycles. The molecule has 2 fully saturated rings. The third-order valence-electron chi connectivity index (χ3n) is 8.96. The van der Waals surface area contributed by atoms with Gasteiger partial charge in [-0.1, -0.05) is 33.8 Å². The zero-order valence-electron chi connectivity index (χ0n) is 18.9. The number of benzene rings is 1. The molecule has 1 aromatic rings. The average Bonchev–Trinajstić information content (AvgIpc) is 2.95. The van der Waals surface area contributed by atoms with Crippen LogP contribution >= 0.6 is 0 Å². The number of ketones is 1. The molecule has 4 rings (SSSR count). The standard InChI is InChI=1S/C25H35NO2Si/c1-23(2,3)29(5,6)28-18-8-10-19-17(15-18)7-9-21-20-11-12-22(27)24(20,4)13-14-25(19,21)16-26/h8,10,15,20-21H,7,9,11-14H2,1-6H3/t20?,21?,24-,25-/m0/s1. The number of hydrogen-bond acceptors (Lipinski definition) is 3. The van der Waals surface area contributed by atoms with E-state index >= 15 is 0 Å². The first-order valence-corrected chi connectivity index (χ1v) is 14.1. The van der Waals surface area contributed by atoms with Crippen molar-refractivity contribution in [2.45, 2.75) is 89.8 Å². The molecule has 4 atom stereocenters. The third-order valence-corrected chi connectivity index (χ3v) is 13.3. The Kier molecular flexibility index (Phi) is 4.59.